The van der Waals surface area contributed by atoms with Crippen molar-refractivity contribution in [3.05, 3.63) is 29.3 Å². The van der Waals surface area contributed by atoms with Crippen molar-refractivity contribution in [3.8, 4) is 10.6 Å². The highest BCUT2D eigenvalue weighted by Crippen LogP contribution is 2.27. The largest absolute Gasteiger partial charge is 0.348 e. The second-order valence-electron chi connectivity index (χ2n) is 4.31. The first-order valence-electron chi connectivity index (χ1n) is 6.28. The molecule has 0 fully saturated rings. The monoisotopic (exact) mass is 278 g/mol. The van der Waals surface area contributed by atoms with Crippen LogP contribution >= 0.6 is 11.3 Å². The maximum atomic E-state index is 12.0. The molecule has 0 aliphatic heterocycles. The molecular weight excluding hydrogens is 260 g/mol. The first-order valence-corrected chi connectivity index (χ1v) is 7.10. The van der Waals surface area contributed by atoms with Crippen molar-refractivity contribution in [3.63, 3.8) is 0 Å². The summed E-state index contributed by atoms with van der Waals surface area (Å²) in [6.45, 7) is 5.18. The summed E-state index contributed by atoms with van der Waals surface area (Å²) in [6.07, 6.45) is 1.77. The Morgan fingerprint density at radius 2 is 2.32 bits per heavy atom. The summed E-state index contributed by atoms with van der Waals surface area (Å²) in [5, 5.41) is 7.09. The van der Waals surface area contributed by atoms with Crippen molar-refractivity contribution in [2.75, 3.05) is 6.54 Å². The summed E-state index contributed by atoms with van der Waals surface area (Å²) in [5.41, 5.74) is 6.54. The zero-order chi connectivity index (χ0) is 13.8. The van der Waals surface area contributed by atoms with Crippen LogP contribution in [0.5, 0.6) is 0 Å². The highest BCUT2D eigenvalue weighted by molar-refractivity contribution is 7.17. The van der Waals surface area contributed by atoms with Gasteiger partial charge in [0, 0.05) is 25.3 Å². The van der Waals surface area contributed by atoms with Crippen molar-refractivity contribution in [2.45, 2.75) is 26.4 Å². The summed E-state index contributed by atoms with van der Waals surface area (Å²) in [6, 6.07) is 5.74. The molecule has 2 aromatic rings. The van der Waals surface area contributed by atoms with E-state index in [1.807, 2.05) is 36.7 Å². The van der Waals surface area contributed by atoms with Crippen LogP contribution in [0.1, 0.15) is 23.5 Å². The Morgan fingerprint density at radius 3 is 3.00 bits per heavy atom. The molecule has 0 aliphatic rings. The summed E-state index contributed by atoms with van der Waals surface area (Å²) in [5.74, 6) is -0.0724. The van der Waals surface area contributed by atoms with Crippen LogP contribution in [0.3, 0.4) is 0 Å². The Balaban J connectivity index is 2.17. The van der Waals surface area contributed by atoms with Gasteiger partial charge >= 0.3 is 0 Å². The lowest BCUT2D eigenvalue weighted by Gasteiger charge is -2.09. The Labute approximate surface area is 116 Å². The molecule has 1 unspecified atom stereocenters. The summed E-state index contributed by atoms with van der Waals surface area (Å²) in [7, 11) is 0. The van der Waals surface area contributed by atoms with Gasteiger partial charge in [0.15, 0.2) is 0 Å². The molecule has 2 aromatic heterocycles. The normalized spacial score (nSPS) is 12.4. The number of carbonyl (C=O) groups is 1. The van der Waals surface area contributed by atoms with Crippen LogP contribution in [-0.4, -0.2) is 28.3 Å². The number of carbonyl (C=O) groups excluding carboxylic acids is 1. The zero-order valence-corrected chi connectivity index (χ0v) is 11.9. The average Bonchev–Trinajstić information content (AvgIpc) is 3.06. The van der Waals surface area contributed by atoms with Gasteiger partial charge in [-0.3, -0.25) is 9.48 Å². The first kappa shape index (κ1) is 13.8. The number of hydrogen-bond donors (Lipinski definition) is 2. The molecule has 102 valence electrons. The number of rotatable bonds is 5. The maximum Gasteiger partial charge on any atom is 0.261 e. The molecule has 0 spiro atoms. The molecule has 2 heterocycles. The SMILES string of the molecule is CCn1nccc1-c1ccc(C(=O)NC(C)CN)s1. The van der Waals surface area contributed by atoms with E-state index in [1.165, 1.54) is 11.3 Å². The molecule has 0 bridgehead atoms. The van der Waals surface area contributed by atoms with Gasteiger partial charge in [-0.15, -0.1) is 11.3 Å². The molecule has 0 saturated carbocycles. The highest BCUT2D eigenvalue weighted by atomic mass is 32.1. The van der Waals surface area contributed by atoms with E-state index in [4.69, 9.17) is 5.73 Å². The number of amides is 1. The lowest BCUT2D eigenvalue weighted by molar-refractivity contribution is 0.0945. The third kappa shape index (κ3) is 3.02. The van der Waals surface area contributed by atoms with E-state index in [2.05, 4.69) is 10.4 Å². The lowest BCUT2D eigenvalue weighted by atomic mass is 10.3. The molecule has 5 nitrogen and oxygen atoms in total. The van der Waals surface area contributed by atoms with Gasteiger partial charge in [-0.05, 0) is 32.0 Å². The number of nitrogens with two attached hydrogens (primary N) is 1. The van der Waals surface area contributed by atoms with Crippen LogP contribution in [0.15, 0.2) is 24.4 Å². The Kier molecular flexibility index (Phi) is 4.34. The van der Waals surface area contributed by atoms with Crippen molar-refractivity contribution >= 4 is 17.2 Å². The lowest BCUT2D eigenvalue weighted by Crippen LogP contribution is -2.37. The molecule has 19 heavy (non-hydrogen) atoms. The number of nitrogens with zero attached hydrogens (tertiary/aromatic N) is 2. The van der Waals surface area contributed by atoms with Crippen molar-refractivity contribution < 1.29 is 4.79 Å². The second-order valence-corrected chi connectivity index (χ2v) is 5.39. The van der Waals surface area contributed by atoms with Crippen molar-refractivity contribution in [1.82, 2.24) is 15.1 Å². The molecule has 1 amide bonds. The third-order valence-corrected chi connectivity index (χ3v) is 3.94. The predicted molar refractivity (Wildman–Crippen MR) is 77.2 cm³/mol. The predicted octanol–water partition coefficient (Wildman–Crippen LogP) is 1.71. The van der Waals surface area contributed by atoms with E-state index in [-0.39, 0.29) is 11.9 Å². The van der Waals surface area contributed by atoms with Gasteiger partial charge in [-0.25, -0.2) is 0 Å². The van der Waals surface area contributed by atoms with Gasteiger partial charge < -0.3 is 11.1 Å². The van der Waals surface area contributed by atoms with E-state index in [1.54, 1.807) is 6.20 Å². The third-order valence-electron chi connectivity index (χ3n) is 2.83. The highest BCUT2D eigenvalue weighted by Gasteiger charge is 2.13. The summed E-state index contributed by atoms with van der Waals surface area (Å²) >= 11 is 1.47. The number of thiophene rings is 1. The molecule has 0 aliphatic carbocycles. The van der Waals surface area contributed by atoms with Gasteiger partial charge in [0.25, 0.3) is 5.91 Å². The van der Waals surface area contributed by atoms with Crippen LogP contribution < -0.4 is 11.1 Å². The van der Waals surface area contributed by atoms with E-state index in [9.17, 15) is 4.79 Å². The quantitative estimate of drug-likeness (QED) is 0.874. The van der Waals surface area contributed by atoms with Crippen molar-refractivity contribution in [2.24, 2.45) is 5.73 Å². The van der Waals surface area contributed by atoms with Gasteiger partial charge in [0.05, 0.1) is 15.4 Å². The number of aromatic nitrogens is 2. The first-order chi connectivity index (χ1) is 9.15. The molecule has 6 heteroatoms. The van der Waals surface area contributed by atoms with Crippen LogP contribution in [0.4, 0.5) is 0 Å². The fourth-order valence-corrected chi connectivity index (χ4v) is 2.68. The Hall–Kier alpha value is -1.66. The fourth-order valence-electron chi connectivity index (χ4n) is 1.75. The maximum absolute atomic E-state index is 12.0. The van der Waals surface area contributed by atoms with Crippen molar-refractivity contribution in [1.29, 1.82) is 0 Å². The van der Waals surface area contributed by atoms with Gasteiger partial charge in [0.2, 0.25) is 0 Å². The number of hydrogen-bond acceptors (Lipinski definition) is 4. The molecule has 1 atom stereocenters. The molecule has 0 radical (unpaired) electrons. The average molecular weight is 278 g/mol. The van der Waals surface area contributed by atoms with Crippen LogP contribution in [0.25, 0.3) is 10.6 Å². The van der Waals surface area contributed by atoms with E-state index >= 15 is 0 Å². The minimum Gasteiger partial charge on any atom is -0.348 e. The molecule has 2 rings (SSSR count). The molecule has 3 N–H and O–H groups in total. The summed E-state index contributed by atoms with van der Waals surface area (Å²) < 4.78 is 1.91. The molecule has 0 saturated heterocycles. The Morgan fingerprint density at radius 1 is 1.53 bits per heavy atom. The molecular formula is C13H18N4OS. The summed E-state index contributed by atoms with van der Waals surface area (Å²) in [4.78, 5) is 13.7. The van der Waals surface area contributed by atoms with E-state index in [0.717, 1.165) is 17.1 Å². The minimum atomic E-state index is -0.0724. The number of nitrogens with one attached hydrogen (secondary N) is 1. The number of aryl methyl sites for hydroxylation is 1. The molecule has 0 aromatic carbocycles. The topological polar surface area (TPSA) is 72.9 Å². The standard InChI is InChI=1S/C13H18N4OS/c1-3-17-10(6-7-15-17)11-4-5-12(19-11)13(18)16-9(2)8-14/h4-7,9H,3,8,14H2,1-2H3,(H,16,18). The van der Waals surface area contributed by atoms with Gasteiger partial charge in [-0.1, -0.05) is 0 Å². The minimum absolute atomic E-state index is 0.0146. The van der Waals surface area contributed by atoms with Crippen LogP contribution in [-0.2, 0) is 6.54 Å². The smallest absolute Gasteiger partial charge is 0.261 e. The zero-order valence-electron chi connectivity index (χ0n) is 11.1. The van der Waals surface area contributed by atoms with E-state index < -0.39 is 0 Å². The van der Waals surface area contributed by atoms with Crippen LogP contribution in [0.2, 0.25) is 0 Å². The Bertz CT molecular complexity index is 560. The van der Waals surface area contributed by atoms with E-state index in [0.29, 0.717) is 11.4 Å². The second kappa shape index (κ2) is 5.99. The van der Waals surface area contributed by atoms with Gasteiger partial charge in [-0.2, -0.15) is 5.10 Å². The van der Waals surface area contributed by atoms with Crippen LogP contribution in [0, 0.1) is 0 Å². The fraction of sp³-hybridized carbons (Fsp3) is 0.385. The van der Waals surface area contributed by atoms with Gasteiger partial charge in [0.1, 0.15) is 0 Å².